The van der Waals surface area contributed by atoms with Gasteiger partial charge in [0.1, 0.15) is 5.82 Å². The van der Waals surface area contributed by atoms with Crippen molar-refractivity contribution in [2.45, 2.75) is 33.2 Å². The average Bonchev–Trinajstić information content (AvgIpc) is 2.37. The number of hydrogen-bond donors (Lipinski definition) is 2. The minimum Gasteiger partial charge on any atom is -0.476 e. The third-order valence-corrected chi connectivity index (χ3v) is 3.49. The number of nitrogens with one attached hydrogen (secondary N) is 1. The summed E-state index contributed by atoms with van der Waals surface area (Å²) in [6.45, 7) is 6.78. The molecule has 5 nitrogen and oxygen atoms in total. The van der Waals surface area contributed by atoms with Gasteiger partial charge in [-0.05, 0) is 31.4 Å². The maximum absolute atomic E-state index is 11.1. The molecular formula is C14H25N3O2S. The molecule has 1 aromatic rings. The zero-order valence-electron chi connectivity index (χ0n) is 12.7. The van der Waals surface area contributed by atoms with Crippen LogP contribution in [0, 0.1) is 5.92 Å². The van der Waals surface area contributed by atoms with Crippen molar-refractivity contribution in [3.63, 3.8) is 0 Å². The molecule has 3 N–H and O–H groups in total. The predicted molar refractivity (Wildman–Crippen MR) is 85.6 cm³/mol. The molecule has 0 fully saturated rings. The van der Waals surface area contributed by atoms with Crippen LogP contribution in [0.2, 0.25) is 0 Å². The number of hydrogen-bond acceptors (Lipinski definition) is 5. The van der Waals surface area contributed by atoms with Crippen molar-refractivity contribution in [2.75, 3.05) is 29.7 Å². The van der Waals surface area contributed by atoms with E-state index in [4.69, 9.17) is 10.5 Å². The van der Waals surface area contributed by atoms with Gasteiger partial charge in [0.2, 0.25) is 5.88 Å². The molecule has 1 heterocycles. The maximum atomic E-state index is 11.1. The second-order valence-electron chi connectivity index (χ2n) is 5.41. The topological polar surface area (TPSA) is 77.2 Å². The van der Waals surface area contributed by atoms with Crippen molar-refractivity contribution in [2.24, 2.45) is 5.92 Å². The van der Waals surface area contributed by atoms with Crippen molar-refractivity contribution in [3.8, 4) is 5.88 Å². The summed E-state index contributed by atoms with van der Waals surface area (Å²) in [5, 5.41) is 3.27. The quantitative estimate of drug-likeness (QED) is 0.770. The molecule has 0 aromatic carbocycles. The van der Waals surface area contributed by atoms with Gasteiger partial charge in [-0.3, -0.25) is 4.21 Å². The molecule has 0 aliphatic carbocycles. The number of nitrogens with two attached hydrogens (primary N) is 1. The summed E-state index contributed by atoms with van der Waals surface area (Å²) in [6.07, 6.45) is 2.55. The molecule has 0 aliphatic heterocycles. The molecule has 0 amide bonds. The second-order valence-corrected chi connectivity index (χ2v) is 6.96. The van der Waals surface area contributed by atoms with Crippen molar-refractivity contribution in [1.29, 1.82) is 0 Å². The molecule has 0 saturated heterocycles. The SMILES string of the molecule is CC(C)COc1nc(NC(C)CCS(C)=O)ccc1N. The number of anilines is 2. The van der Waals surface area contributed by atoms with Crippen LogP contribution in [0.5, 0.6) is 5.88 Å². The maximum Gasteiger partial charge on any atom is 0.239 e. The van der Waals surface area contributed by atoms with Crippen LogP contribution in [0.1, 0.15) is 27.2 Å². The number of nitrogen functional groups attached to an aromatic ring is 1. The summed E-state index contributed by atoms with van der Waals surface area (Å²) in [5.74, 6) is 2.30. The van der Waals surface area contributed by atoms with Crippen molar-refractivity contribution in [1.82, 2.24) is 4.98 Å². The molecule has 20 heavy (non-hydrogen) atoms. The monoisotopic (exact) mass is 299 g/mol. The highest BCUT2D eigenvalue weighted by Gasteiger charge is 2.08. The van der Waals surface area contributed by atoms with E-state index in [0.29, 0.717) is 29.8 Å². The highest BCUT2D eigenvalue weighted by molar-refractivity contribution is 7.84. The first-order chi connectivity index (χ1) is 9.38. The molecule has 0 bridgehead atoms. The number of aromatic nitrogens is 1. The summed E-state index contributed by atoms with van der Waals surface area (Å²) in [7, 11) is -0.766. The van der Waals surface area contributed by atoms with Crippen LogP contribution in [0.25, 0.3) is 0 Å². The lowest BCUT2D eigenvalue weighted by atomic mass is 10.2. The smallest absolute Gasteiger partial charge is 0.239 e. The van der Waals surface area contributed by atoms with Gasteiger partial charge in [0.15, 0.2) is 0 Å². The van der Waals surface area contributed by atoms with Gasteiger partial charge in [-0.15, -0.1) is 0 Å². The largest absolute Gasteiger partial charge is 0.476 e. The van der Waals surface area contributed by atoms with Gasteiger partial charge in [-0.2, -0.15) is 4.98 Å². The van der Waals surface area contributed by atoms with Gasteiger partial charge in [0, 0.05) is 28.9 Å². The lowest BCUT2D eigenvalue weighted by molar-refractivity contribution is 0.263. The molecule has 0 aliphatic rings. The standard InChI is InChI=1S/C14H25N3O2S/c1-10(2)9-19-14-12(15)5-6-13(17-14)16-11(3)7-8-20(4)18/h5-6,10-11H,7-9,15H2,1-4H3,(H,16,17). The van der Waals surface area contributed by atoms with Crippen LogP contribution in [0.3, 0.4) is 0 Å². The zero-order valence-corrected chi connectivity index (χ0v) is 13.5. The van der Waals surface area contributed by atoms with Gasteiger partial charge >= 0.3 is 0 Å². The Balaban J connectivity index is 2.62. The van der Waals surface area contributed by atoms with Crippen LogP contribution in [0.4, 0.5) is 11.5 Å². The molecular weight excluding hydrogens is 274 g/mol. The van der Waals surface area contributed by atoms with Crippen LogP contribution >= 0.6 is 0 Å². The molecule has 2 atom stereocenters. The minimum atomic E-state index is -0.766. The van der Waals surface area contributed by atoms with Crippen molar-refractivity contribution < 1.29 is 8.95 Å². The van der Waals surface area contributed by atoms with E-state index < -0.39 is 10.8 Å². The van der Waals surface area contributed by atoms with Gasteiger partial charge in [-0.1, -0.05) is 13.8 Å². The Morgan fingerprint density at radius 2 is 2.10 bits per heavy atom. The fourth-order valence-corrected chi connectivity index (χ4v) is 2.25. The van der Waals surface area contributed by atoms with Gasteiger partial charge in [-0.25, -0.2) is 0 Å². The first-order valence-corrected chi connectivity index (χ1v) is 8.57. The van der Waals surface area contributed by atoms with Crippen LogP contribution < -0.4 is 15.8 Å². The Morgan fingerprint density at radius 1 is 1.40 bits per heavy atom. The number of pyridine rings is 1. The molecule has 0 spiro atoms. The highest BCUT2D eigenvalue weighted by atomic mass is 32.2. The highest BCUT2D eigenvalue weighted by Crippen LogP contribution is 2.22. The van der Waals surface area contributed by atoms with E-state index in [-0.39, 0.29) is 6.04 Å². The zero-order chi connectivity index (χ0) is 15.1. The van der Waals surface area contributed by atoms with E-state index >= 15 is 0 Å². The van der Waals surface area contributed by atoms with E-state index in [1.54, 1.807) is 12.3 Å². The van der Waals surface area contributed by atoms with Crippen LogP contribution in [-0.2, 0) is 10.8 Å². The van der Waals surface area contributed by atoms with E-state index in [0.717, 1.165) is 12.2 Å². The van der Waals surface area contributed by atoms with Crippen LogP contribution in [0.15, 0.2) is 12.1 Å². The molecule has 6 heteroatoms. The molecule has 1 rings (SSSR count). The Labute approximate surface area is 123 Å². The third kappa shape index (κ3) is 6.23. The van der Waals surface area contributed by atoms with Gasteiger partial charge < -0.3 is 15.8 Å². The Bertz CT molecular complexity index is 452. The normalized spacial score (nSPS) is 14.1. The summed E-state index contributed by atoms with van der Waals surface area (Å²) in [5.41, 5.74) is 6.39. The Morgan fingerprint density at radius 3 is 2.70 bits per heavy atom. The lowest BCUT2D eigenvalue weighted by Gasteiger charge is -2.16. The second kappa shape index (κ2) is 8.09. The summed E-state index contributed by atoms with van der Waals surface area (Å²) < 4.78 is 16.7. The predicted octanol–water partition coefficient (Wildman–Crippen LogP) is 2.27. The summed E-state index contributed by atoms with van der Waals surface area (Å²) in [6, 6.07) is 3.82. The summed E-state index contributed by atoms with van der Waals surface area (Å²) >= 11 is 0. The van der Waals surface area contributed by atoms with Gasteiger partial charge in [0.25, 0.3) is 0 Å². The molecule has 1 aromatic heterocycles. The third-order valence-electron chi connectivity index (χ3n) is 2.68. The lowest BCUT2D eigenvalue weighted by Crippen LogP contribution is -2.19. The minimum absolute atomic E-state index is 0.202. The molecule has 2 unspecified atom stereocenters. The molecule has 114 valence electrons. The average molecular weight is 299 g/mol. The first-order valence-electron chi connectivity index (χ1n) is 6.84. The van der Waals surface area contributed by atoms with Crippen molar-refractivity contribution in [3.05, 3.63) is 12.1 Å². The number of rotatable bonds is 8. The summed E-state index contributed by atoms with van der Waals surface area (Å²) in [4.78, 5) is 4.38. The van der Waals surface area contributed by atoms with E-state index in [1.165, 1.54) is 0 Å². The van der Waals surface area contributed by atoms with E-state index in [2.05, 4.69) is 24.1 Å². The first kappa shape index (κ1) is 16.8. The van der Waals surface area contributed by atoms with E-state index in [1.807, 2.05) is 13.0 Å². The fourth-order valence-electron chi connectivity index (χ4n) is 1.56. The van der Waals surface area contributed by atoms with Crippen LogP contribution in [-0.4, -0.2) is 33.9 Å². The van der Waals surface area contributed by atoms with Gasteiger partial charge in [0.05, 0.1) is 12.3 Å². The number of nitrogens with zero attached hydrogens (tertiary/aromatic N) is 1. The Hall–Kier alpha value is -1.30. The molecule has 0 saturated carbocycles. The number of ether oxygens (including phenoxy) is 1. The fraction of sp³-hybridized carbons (Fsp3) is 0.643. The Kier molecular flexibility index (Phi) is 6.78. The van der Waals surface area contributed by atoms with Crippen molar-refractivity contribution >= 4 is 22.3 Å². The van der Waals surface area contributed by atoms with E-state index in [9.17, 15) is 4.21 Å². The molecule has 0 radical (unpaired) electrons.